The second kappa shape index (κ2) is 9.21. The third-order valence-corrected chi connectivity index (χ3v) is 4.80. The van der Waals surface area contributed by atoms with Crippen LogP contribution in [-0.2, 0) is 16.0 Å². The number of carbonyl (C=O) groups is 2. The third kappa shape index (κ3) is 5.00. The van der Waals surface area contributed by atoms with Gasteiger partial charge in [0.15, 0.2) is 0 Å². The van der Waals surface area contributed by atoms with E-state index in [2.05, 4.69) is 15.2 Å². The van der Waals surface area contributed by atoms with Gasteiger partial charge in [-0.3, -0.25) is 4.79 Å². The SMILES string of the molecule is CCOC(=O)N1CCN(c2ccc(NC(=O)Cc3ccccc3C)nc2)CC1. The van der Waals surface area contributed by atoms with Gasteiger partial charge in [0.1, 0.15) is 5.82 Å². The highest BCUT2D eigenvalue weighted by Gasteiger charge is 2.22. The van der Waals surface area contributed by atoms with Crippen molar-refractivity contribution in [1.82, 2.24) is 9.88 Å². The van der Waals surface area contributed by atoms with E-state index in [9.17, 15) is 9.59 Å². The quantitative estimate of drug-likeness (QED) is 0.861. The summed E-state index contributed by atoms with van der Waals surface area (Å²) in [5, 5.41) is 2.85. The monoisotopic (exact) mass is 382 g/mol. The van der Waals surface area contributed by atoms with E-state index in [1.165, 1.54) is 0 Å². The number of aromatic nitrogens is 1. The first-order valence-corrected chi connectivity index (χ1v) is 9.54. The molecule has 2 heterocycles. The van der Waals surface area contributed by atoms with Crippen LogP contribution in [0.25, 0.3) is 0 Å². The Morgan fingerprint density at radius 3 is 2.50 bits per heavy atom. The molecule has 2 aromatic rings. The maximum Gasteiger partial charge on any atom is 0.409 e. The fourth-order valence-corrected chi connectivity index (χ4v) is 3.18. The molecule has 0 atom stereocenters. The summed E-state index contributed by atoms with van der Waals surface area (Å²) < 4.78 is 5.04. The molecule has 0 spiro atoms. The molecular formula is C21H26N4O3. The van der Waals surface area contributed by atoms with Crippen molar-refractivity contribution in [2.45, 2.75) is 20.3 Å². The summed E-state index contributed by atoms with van der Waals surface area (Å²) in [4.78, 5) is 32.3. The van der Waals surface area contributed by atoms with Crippen molar-refractivity contribution >= 4 is 23.5 Å². The van der Waals surface area contributed by atoms with E-state index in [4.69, 9.17) is 4.74 Å². The predicted octanol–water partition coefficient (Wildman–Crippen LogP) is 2.85. The summed E-state index contributed by atoms with van der Waals surface area (Å²) in [7, 11) is 0. The van der Waals surface area contributed by atoms with Crippen molar-refractivity contribution in [3.63, 3.8) is 0 Å². The van der Waals surface area contributed by atoms with Crippen molar-refractivity contribution in [2.24, 2.45) is 0 Å². The summed E-state index contributed by atoms with van der Waals surface area (Å²) in [6.07, 6.45) is 1.82. The van der Waals surface area contributed by atoms with Crippen LogP contribution in [-0.4, -0.2) is 54.7 Å². The van der Waals surface area contributed by atoms with Gasteiger partial charge in [-0.05, 0) is 37.1 Å². The van der Waals surface area contributed by atoms with E-state index in [0.717, 1.165) is 29.9 Å². The van der Waals surface area contributed by atoms with Gasteiger partial charge < -0.3 is 19.9 Å². The molecule has 1 fully saturated rings. The maximum absolute atomic E-state index is 12.3. The number of rotatable bonds is 5. The molecule has 28 heavy (non-hydrogen) atoms. The zero-order valence-corrected chi connectivity index (χ0v) is 16.4. The first-order valence-electron chi connectivity index (χ1n) is 9.54. The minimum Gasteiger partial charge on any atom is -0.450 e. The largest absolute Gasteiger partial charge is 0.450 e. The lowest BCUT2D eigenvalue weighted by Gasteiger charge is -2.35. The summed E-state index contributed by atoms with van der Waals surface area (Å²) >= 11 is 0. The van der Waals surface area contributed by atoms with Crippen molar-refractivity contribution in [2.75, 3.05) is 43.0 Å². The molecule has 1 aromatic heterocycles. The number of pyridine rings is 1. The Morgan fingerprint density at radius 2 is 1.86 bits per heavy atom. The summed E-state index contributed by atoms with van der Waals surface area (Å²) in [6.45, 7) is 6.87. The van der Waals surface area contributed by atoms with Gasteiger partial charge in [0.25, 0.3) is 0 Å². The molecule has 0 saturated carbocycles. The van der Waals surface area contributed by atoms with Crippen LogP contribution >= 0.6 is 0 Å². The minimum atomic E-state index is -0.257. The van der Waals surface area contributed by atoms with Crippen LogP contribution in [0.4, 0.5) is 16.3 Å². The minimum absolute atomic E-state index is 0.0856. The smallest absolute Gasteiger partial charge is 0.409 e. The van der Waals surface area contributed by atoms with E-state index in [1.54, 1.807) is 18.0 Å². The molecule has 7 heteroatoms. The average molecular weight is 382 g/mol. The fourth-order valence-electron chi connectivity index (χ4n) is 3.18. The Bertz CT molecular complexity index is 815. The van der Waals surface area contributed by atoms with Crippen LogP contribution in [0.3, 0.4) is 0 Å². The van der Waals surface area contributed by atoms with Crippen LogP contribution in [0.1, 0.15) is 18.1 Å². The Morgan fingerprint density at radius 1 is 1.11 bits per heavy atom. The van der Waals surface area contributed by atoms with Gasteiger partial charge in [0, 0.05) is 26.2 Å². The Kier molecular flexibility index (Phi) is 6.47. The number of aryl methyl sites for hydroxylation is 1. The Balaban J connectivity index is 1.52. The first-order chi connectivity index (χ1) is 13.6. The normalized spacial score (nSPS) is 13.9. The number of carbonyl (C=O) groups excluding carboxylic acids is 2. The molecular weight excluding hydrogens is 356 g/mol. The van der Waals surface area contributed by atoms with E-state index >= 15 is 0 Å². The van der Waals surface area contributed by atoms with E-state index in [1.807, 2.05) is 43.3 Å². The molecule has 1 saturated heterocycles. The summed E-state index contributed by atoms with van der Waals surface area (Å²) in [5.41, 5.74) is 3.08. The van der Waals surface area contributed by atoms with Gasteiger partial charge in [0.05, 0.1) is 24.9 Å². The molecule has 7 nitrogen and oxygen atoms in total. The van der Waals surface area contributed by atoms with Gasteiger partial charge in [-0.25, -0.2) is 9.78 Å². The molecule has 1 aliphatic heterocycles. The summed E-state index contributed by atoms with van der Waals surface area (Å²) in [6, 6.07) is 11.6. The molecule has 148 valence electrons. The van der Waals surface area contributed by atoms with Gasteiger partial charge in [-0.15, -0.1) is 0 Å². The van der Waals surface area contributed by atoms with Gasteiger partial charge in [-0.2, -0.15) is 0 Å². The average Bonchev–Trinajstić information content (AvgIpc) is 2.71. The zero-order chi connectivity index (χ0) is 19.9. The van der Waals surface area contributed by atoms with Crippen molar-refractivity contribution < 1.29 is 14.3 Å². The molecule has 2 amide bonds. The second-order valence-corrected chi connectivity index (χ2v) is 6.73. The highest BCUT2D eigenvalue weighted by molar-refractivity contribution is 5.91. The van der Waals surface area contributed by atoms with E-state index in [0.29, 0.717) is 31.9 Å². The van der Waals surface area contributed by atoms with Crippen LogP contribution in [0.2, 0.25) is 0 Å². The lowest BCUT2D eigenvalue weighted by atomic mass is 10.1. The molecule has 1 aromatic carbocycles. The number of piperazine rings is 1. The molecule has 0 radical (unpaired) electrons. The maximum atomic E-state index is 12.3. The third-order valence-electron chi connectivity index (χ3n) is 4.80. The second-order valence-electron chi connectivity index (χ2n) is 6.73. The topological polar surface area (TPSA) is 74.8 Å². The molecule has 3 rings (SSSR count). The first kappa shape index (κ1) is 19.7. The zero-order valence-electron chi connectivity index (χ0n) is 16.4. The molecule has 1 N–H and O–H groups in total. The highest BCUT2D eigenvalue weighted by Crippen LogP contribution is 2.18. The number of benzene rings is 1. The van der Waals surface area contributed by atoms with E-state index in [-0.39, 0.29) is 12.0 Å². The van der Waals surface area contributed by atoms with Gasteiger partial charge in [-0.1, -0.05) is 24.3 Å². The molecule has 0 aliphatic carbocycles. The van der Waals surface area contributed by atoms with Crippen LogP contribution in [0.5, 0.6) is 0 Å². The summed E-state index contributed by atoms with van der Waals surface area (Å²) in [5.74, 6) is 0.449. The van der Waals surface area contributed by atoms with Gasteiger partial charge in [0.2, 0.25) is 5.91 Å². The fraction of sp³-hybridized carbons (Fsp3) is 0.381. The molecule has 0 bridgehead atoms. The number of hydrogen-bond acceptors (Lipinski definition) is 5. The number of ether oxygens (including phenoxy) is 1. The van der Waals surface area contributed by atoms with Crippen molar-refractivity contribution in [1.29, 1.82) is 0 Å². The highest BCUT2D eigenvalue weighted by atomic mass is 16.6. The van der Waals surface area contributed by atoms with Crippen molar-refractivity contribution in [3.8, 4) is 0 Å². The lowest BCUT2D eigenvalue weighted by Crippen LogP contribution is -2.49. The number of nitrogens with one attached hydrogen (secondary N) is 1. The Labute approximate surface area is 165 Å². The number of nitrogens with zero attached hydrogens (tertiary/aromatic N) is 3. The van der Waals surface area contributed by atoms with Crippen LogP contribution in [0, 0.1) is 6.92 Å². The number of amides is 2. The lowest BCUT2D eigenvalue weighted by molar-refractivity contribution is -0.115. The predicted molar refractivity (Wildman–Crippen MR) is 109 cm³/mol. The van der Waals surface area contributed by atoms with Gasteiger partial charge >= 0.3 is 6.09 Å². The molecule has 1 aliphatic rings. The number of anilines is 2. The van der Waals surface area contributed by atoms with E-state index < -0.39 is 0 Å². The Hall–Kier alpha value is -3.09. The van der Waals surface area contributed by atoms with Crippen LogP contribution in [0.15, 0.2) is 42.6 Å². The van der Waals surface area contributed by atoms with Crippen molar-refractivity contribution in [3.05, 3.63) is 53.7 Å². The standard InChI is InChI=1S/C21H26N4O3/c1-3-28-21(27)25-12-10-24(11-13-25)18-8-9-19(22-15-18)23-20(26)14-17-7-5-4-6-16(17)2/h4-9,15H,3,10-14H2,1-2H3,(H,22,23,26). The van der Waals surface area contributed by atoms with Crippen LogP contribution < -0.4 is 10.2 Å². The molecule has 0 unspecified atom stereocenters. The number of hydrogen-bond donors (Lipinski definition) is 1.